The van der Waals surface area contributed by atoms with Crippen LogP contribution in [-0.4, -0.2) is 15.9 Å². The number of rotatable bonds is 6. The van der Waals surface area contributed by atoms with E-state index in [4.69, 9.17) is 5.73 Å². The highest BCUT2D eigenvalue weighted by molar-refractivity contribution is 5.94. The van der Waals surface area contributed by atoms with E-state index < -0.39 is 0 Å². The highest BCUT2D eigenvalue weighted by Crippen LogP contribution is 2.24. The molecule has 0 unspecified atom stereocenters. The summed E-state index contributed by atoms with van der Waals surface area (Å²) in [6.07, 6.45) is 3.57. The lowest BCUT2D eigenvalue weighted by Crippen LogP contribution is -2.22. The van der Waals surface area contributed by atoms with Crippen LogP contribution < -0.4 is 11.1 Å². The Balaban J connectivity index is 1.40. The van der Waals surface area contributed by atoms with Crippen molar-refractivity contribution in [1.82, 2.24) is 15.3 Å². The average Bonchev–Trinajstić information content (AvgIpc) is 2.83. The molecule has 0 aliphatic carbocycles. The first kappa shape index (κ1) is 20.4. The minimum Gasteiger partial charge on any atom is -0.348 e. The van der Waals surface area contributed by atoms with Gasteiger partial charge >= 0.3 is 0 Å². The molecule has 0 spiro atoms. The predicted molar refractivity (Wildman–Crippen MR) is 123 cm³/mol. The zero-order valence-electron chi connectivity index (χ0n) is 17.4. The number of nitrogens with zero attached hydrogens (tertiary/aromatic N) is 2. The number of hydrogen-bond donors (Lipinski definition) is 2. The Kier molecular flexibility index (Phi) is 6.15. The third-order valence-corrected chi connectivity index (χ3v) is 5.17. The quantitative estimate of drug-likeness (QED) is 0.492. The first-order chi connectivity index (χ1) is 15.1. The fourth-order valence-corrected chi connectivity index (χ4v) is 3.47. The molecular weight excluding hydrogens is 384 g/mol. The molecule has 5 heteroatoms. The lowest BCUT2D eigenvalue weighted by Gasteiger charge is -2.09. The van der Waals surface area contributed by atoms with E-state index in [-0.39, 0.29) is 5.91 Å². The summed E-state index contributed by atoms with van der Waals surface area (Å²) in [5.74, 6) is -0.118. The molecule has 4 rings (SSSR count). The van der Waals surface area contributed by atoms with Crippen molar-refractivity contribution in [2.24, 2.45) is 5.73 Å². The van der Waals surface area contributed by atoms with Gasteiger partial charge in [0.2, 0.25) is 0 Å². The number of carbonyl (C=O) groups is 1. The van der Waals surface area contributed by atoms with Crippen LogP contribution in [0.3, 0.4) is 0 Å². The van der Waals surface area contributed by atoms with Gasteiger partial charge in [-0.05, 0) is 59.5 Å². The molecular formula is C26H24N4O. The van der Waals surface area contributed by atoms with E-state index in [1.165, 1.54) is 0 Å². The van der Waals surface area contributed by atoms with Gasteiger partial charge in [-0.2, -0.15) is 0 Å². The number of carbonyl (C=O) groups excluding carboxylic acids is 1. The molecule has 3 N–H and O–H groups in total. The first-order valence-corrected chi connectivity index (χ1v) is 10.2. The maximum absolute atomic E-state index is 12.6. The maximum Gasteiger partial charge on any atom is 0.251 e. The smallest absolute Gasteiger partial charge is 0.251 e. The molecule has 0 radical (unpaired) electrons. The fourth-order valence-electron chi connectivity index (χ4n) is 3.47. The number of pyridine rings is 2. The summed E-state index contributed by atoms with van der Waals surface area (Å²) in [6, 6.07) is 23.5. The van der Waals surface area contributed by atoms with Gasteiger partial charge in [0.05, 0.1) is 5.69 Å². The molecule has 31 heavy (non-hydrogen) atoms. The summed E-state index contributed by atoms with van der Waals surface area (Å²) in [7, 11) is 0. The predicted octanol–water partition coefficient (Wildman–Crippen LogP) is 4.51. The number of benzene rings is 2. The van der Waals surface area contributed by atoms with Gasteiger partial charge in [-0.1, -0.05) is 42.5 Å². The van der Waals surface area contributed by atoms with Crippen LogP contribution in [0.1, 0.15) is 27.2 Å². The van der Waals surface area contributed by atoms with Crippen molar-refractivity contribution in [2.45, 2.75) is 20.0 Å². The average molecular weight is 409 g/mol. The van der Waals surface area contributed by atoms with E-state index in [0.29, 0.717) is 18.7 Å². The number of hydrogen-bond acceptors (Lipinski definition) is 4. The second kappa shape index (κ2) is 9.32. The lowest BCUT2D eigenvalue weighted by molar-refractivity contribution is 0.0951. The molecule has 0 fully saturated rings. The largest absolute Gasteiger partial charge is 0.348 e. The fraction of sp³-hybridized carbons (Fsp3) is 0.115. The zero-order valence-corrected chi connectivity index (χ0v) is 17.4. The highest BCUT2D eigenvalue weighted by Gasteiger charge is 2.08. The molecule has 4 aromatic rings. The van der Waals surface area contributed by atoms with Gasteiger partial charge in [0, 0.05) is 42.3 Å². The molecule has 5 nitrogen and oxygen atoms in total. The second-order valence-corrected chi connectivity index (χ2v) is 7.36. The molecule has 0 bridgehead atoms. The van der Waals surface area contributed by atoms with E-state index in [1.54, 1.807) is 12.4 Å². The van der Waals surface area contributed by atoms with Crippen molar-refractivity contribution in [2.75, 3.05) is 0 Å². The van der Waals surface area contributed by atoms with Crippen LogP contribution >= 0.6 is 0 Å². The van der Waals surface area contributed by atoms with Crippen molar-refractivity contribution < 1.29 is 4.79 Å². The summed E-state index contributed by atoms with van der Waals surface area (Å²) >= 11 is 0. The molecule has 2 aromatic heterocycles. The van der Waals surface area contributed by atoms with Crippen molar-refractivity contribution in [1.29, 1.82) is 0 Å². The first-order valence-electron chi connectivity index (χ1n) is 10.2. The van der Waals surface area contributed by atoms with Gasteiger partial charge in [0.15, 0.2) is 0 Å². The molecule has 0 atom stereocenters. The van der Waals surface area contributed by atoms with E-state index in [0.717, 1.165) is 39.2 Å². The highest BCUT2D eigenvalue weighted by atomic mass is 16.1. The van der Waals surface area contributed by atoms with E-state index >= 15 is 0 Å². The minimum absolute atomic E-state index is 0.118. The molecule has 0 aliphatic rings. The van der Waals surface area contributed by atoms with E-state index in [1.807, 2.05) is 79.7 Å². The van der Waals surface area contributed by atoms with Crippen LogP contribution in [0.5, 0.6) is 0 Å². The van der Waals surface area contributed by atoms with Gasteiger partial charge < -0.3 is 11.1 Å². The molecule has 0 saturated carbocycles. The molecule has 2 aromatic carbocycles. The number of nitrogens with one attached hydrogen (secondary N) is 1. The number of nitrogens with two attached hydrogens (primary N) is 1. The Bertz CT molecular complexity index is 1180. The third kappa shape index (κ3) is 4.85. The summed E-state index contributed by atoms with van der Waals surface area (Å²) in [6.45, 7) is 2.85. The number of amides is 1. The Labute approximate surface area is 182 Å². The van der Waals surface area contributed by atoms with E-state index in [9.17, 15) is 4.79 Å². The maximum atomic E-state index is 12.6. The standard InChI is InChI=1S/C26H24N4O/c1-18-14-22(12-13-28-18)25-11-6-19(16-29-25)17-30-26(31)21-9-7-20(8-10-21)24-5-3-2-4-23(24)15-27/h2-14,16H,15,17,27H2,1H3,(H,30,31). The SMILES string of the molecule is Cc1cc(-c2ccc(CNC(=O)c3ccc(-c4ccccc4CN)cc3)cn2)ccn1. The minimum atomic E-state index is -0.118. The Morgan fingerprint density at radius 3 is 2.45 bits per heavy atom. The number of aromatic nitrogens is 2. The van der Waals surface area contributed by atoms with Gasteiger partial charge in [0.1, 0.15) is 0 Å². The van der Waals surface area contributed by atoms with Crippen molar-refractivity contribution in [3.8, 4) is 22.4 Å². The van der Waals surface area contributed by atoms with Crippen LogP contribution in [0.2, 0.25) is 0 Å². The molecule has 154 valence electrons. The zero-order chi connectivity index (χ0) is 21.6. The van der Waals surface area contributed by atoms with Crippen LogP contribution in [0.15, 0.2) is 85.2 Å². The summed E-state index contributed by atoms with van der Waals surface area (Å²) in [4.78, 5) is 21.3. The topological polar surface area (TPSA) is 80.9 Å². The summed E-state index contributed by atoms with van der Waals surface area (Å²) in [5.41, 5.74) is 13.5. The third-order valence-electron chi connectivity index (χ3n) is 5.17. The van der Waals surface area contributed by atoms with Crippen LogP contribution in [0, 0.1) is 6.92 Å². The molecule has 0 saturated heterocycles. The molecule has 2 heterocycles. The van der Waals surface area contributed by atoms with Crippen LogP contribution in [0.25, 0.3) is 22.4 Å². The Morgan fingerprint density at radius 2 is 1.74 bits per heavy atom. The van der Waals surface area contributed by atoms with Crippen LogP contribution in [0.4, 0.5) is 0 Å². The van der Waals surface area contributed by atoms with E-state index in [2.05, 4.69) is 15.3 Å². The van der Waals surface area contributed by atoms with Gasteiger partial charge in [-0.3, -0.25) is 14.8 Å². The summed E-state index contributed by atoms with van der Waals surface area (Å²) < 4.78 is 0. The lowest BCUT2D eigenvalue weighted by atomic mass is 9.98. The summed E-state index contributed by atoms with van der Waals surface area (Å²) in [5, 5.41) is 2.96. The monoisotopic (exact) mass is 408 g/mol. The molecule has 1 amide bonds. The normalized spacial score (nSPS) is 10.6. The molecule has 0 aliphatic heterocycles. The van der Waals surface area contributed by atoms with Gasteiger partial charge in [-0.25, -0.2) is 0 Å². The van der Waals surface area contributed by atoms with Crippen molar-refractivity contribution in [3.05, 3.63) is 108 Å². The van der Waals surface area contributed by atoms with Crippen molar-refractivity contribution >= 4 is 5.91 Å². The number of aryl methyl sites for hydroxylation is 1. The Morgan fingerprint density at radius 1 is 0.935 bits per heavy atom. The van der Waals surface area contributed by atoms with Crippen molar-refractivity contribution in [3.63, 3.8) is 0 Å². The van der Waals surface area contributed by atoms with Gasteiger partial charge in [0.25, 0.3) is 5.91 Å². The Hall–Kier alpha value is -3.83. The van der Waals surface area contributed by atoms with Gasteiger partial charge in [-0.15, -0.1) is 0 Å². The van der Waals surface area contributed by atoms with Crippen LogP contribution in [-0.2, 0) is 13.1 Å². The second-order valence-electron chi connectivity index (χ2n) is 7.36.